The summed E-state index contributed by atoms with van der Waals surface area (Å²) < 4.78 is 16.1. The Hall–Kier alpha value is -3.06. The Morgan fingerprint density at radius 1 is 1.07 bits per heavy atom. The number of hydrogen-bond donors (Lipinski definition) is 0. The third-order valence-electron chi connectivity index (χ3n) is 5.42. The van der Waals surface area contributed by atoms with Crippen LogP contribution in [0, 0.1) is 0 Å². The number of ether oxygens (including phenoxy) is 3. The first-order valence-corrected chi connectivity index (χ1v) is 9.73. The van der Waals surface area contributed by atoms with Gasteiger partial charge in [-0.05, 0) is 30.2 Å². The van der Waals surface area contributed by atoms with Crippen molar-refractivity contribution in [3.8, 4) is 5.75 Å². The summed E-state index contributed by atoms with van der Waals surface area (Å²) in [4.78, 5) is 25.6. The van der Waals surface area contributed by atoms with Gasteiger partial charge in [0.15, 0.2) is 0 Å². The van der Waals surface area contributed by atoms with Crippen LogP contribution in [0.25, 0.3) is 0 Å². The van der Waals surface area contributed by atoms with E-state index in [0.717, 1.165) is 16.9 Å². The number of fused-ring (bicyclic) bond motifs is 1. The molecule has 0 aliphatic carbocycles. The van der Waals surface area contributed by atoms with Gasteiger partial charge in [-0.1, -0.05) is 42.5 Å². The molecule has 2 aliphatic heterocycles. The quantitative estimate of drug-likeness (QED) is 0.721. The van der Waals surface area contributed by atoms with E-state index in [1.807, 2.05) is 59.6 Å². The number of carbonyl (C=O) groups is 2. The zero-order chi connectivity index (χ0) is 20.4. The largest absolute Gasteiger partial charge is 0.497 e. The van der Waals surface area contributed by atoms with Gasteiger partial charge >= 0.3 is 12.1 Å². The number of methoxy groups -OCH3 is 1. The molecule has 4 rings (SSSR count). The molecule has 0 bridgehead atoms. The Kier molecular flexibility index (Phi) is 5.40. The minimum absolute atomic E-state index is 0.185. The van der Waals surface area contributed by atoms with E-state index in [9.17, 15) is 9.59 Å². The Morgan fingerprint density at radius 2 is 1.76 bits per heavy atom. The van der Waals surface area contributed by atoms with Crippen molar-refractivity contribution in [2.24, 2.45) is 0 Å². The molecule has 0 radical (unpaired) electrons. The molecule has 2 aromatic rings. The molecular formula is C22H24N2O5. The summed E-state index contributed by atoms with van der Waals surface area (Å²) in [5.74, 6) is 0.401. The number of rotatable bonds is 5. The van der Waals surface area contributed by atoms with E-state index in [1.54, 1.807) is 19.0 Å². The molecule has 2 fully saturated rings. The van der Waals surface area contributed by atoms with Gasteiger partial charge in [0.2, 0.25) is 0 Å². The van der Waals surface area contributed by atoms with E-state index in [4.69, 9.17) is 14.2 Å². The minimum Gasteiger partial charge on any atom is -0.497 e. The number of esters is 1. The molecule has 3 atom stereocenters. The van der Waals surface area contributed by atoms with Crippen molar-refractivity contribution in [2.45, 2.75) is 31.5 Å². The van der Waals surface area contributed by atoms with Crippen molar-refractivity contribution < 1.29 is 23.8 Å². The second-order valence-corrected chi connectivity index (χ2v) is 7.02. The lowest BCUT2D eigenvalue weighted by molar-refractivity contribution is -0.161. The SMILES string of the molecule is CCOC(=O)[C@H]1C[C@@H](c2ccc(OC)cc2)N2C(=O)OC[C@@H](c3ccccc3)N12. The molecule has 0 saturated carbocycles. The molecule has 2 aliphatic rings. The first-order chi connectivity index (χ1) is 14.1. The Bertz CT molecular complexity index is 871. The number of carbonyl (C=O) groups excluding carboxylic acids is 2. The van der Waals surface area contributed by atoms with Crippen LogP contribution in [0.4, 0.5) is 4.79 Å². The molecule has 0 spiro atoms. The van der Waals surface area contributed by atoms with E-state index in [1.165, 1.54) is 0 Å². The third kappa shape index (κ3) is 3.53. The van der Waals surface area contributed by atoms with Gasteiger partial charge in [0.1, 0.15) is 18.4 Å². The van der Waals surface area contributed by atoms with Gasteiger partial charge in [0.25, 0.3) is 0 Å². The highest BCUT2D eigenvalue weighted by atomic mass is 16.6. The number of hydrazine groups is 1. The summed E-state index contributed by atoms with van der Waals surface area (Å²) in [6, 6.07) is 16.1. The standard InChI is InChI=1S/C22H24N2O5/c1-3-28-21(25)19-13-18(16-9-11-17(27-2)12-10-16)24-22(26)29-14-20(23(19)24)15-7-5-4-6-8-15/h4-12,18-20H,3,13-14H2,1-2H3/t18-,19+,20-/m0/s1. The van der Waals surface area contributed by atoms with Crippen LogP contribution in [0.1, 0.15) is 36.6 Å². The fourth-order valence-corrected chi connectivity index (χ4v) is 4.08. The van der Waals surface area contributed by atoms with Crippen LogP contribution in [0.2, 0.25) is 0 Å². The van der Waals surface area contributed by atoms with Crippen LogP contribution in [0.3, 0.4) is 0 Å². The van der Waals surface area contributed by atoms with E-state index >= 15 is 0 Å². The Morgan fingerprint density at radius 3 is 2.41 bits per heavy atom. The average Bonchev–Trinajstić information content (AvgIpc) is 3.16. The maximum Gasteiger partial charge on any atom is 0.425 e. The van der Waals surface area contributed by atoms with Crippen LogP contribution >= 0.6 is 0 Å². The lowest BCUT2D eigenvalue weighted by Gasteiger charge is -2.42. The highest BCUT2D eigenvalue weighted by molar-refractivity contribution is 5.79. The molecule has 2 saturated heterocycles. The van der Waals surface area contributed by atoms with Gasteiger partial charge in [-0.2, -0.15) is 5.01 Å². The monoisotopic (exact) mass is 396 g/mol. The predicted octanol–water partition coefficient (Wildman–Crippen LogP) is 3.48. The third-order valence-corrected chi connectivity index (χ3v) is 5.42. The van der Waals surface area contributed by atoms with Gasteiger partial charge in [-0.3, -0.25) is 4.79 Å². The number of amides is 1. The van der Waals surface area contributed by atoms with E-state index < -0.39 is 12.1 Å². The molecule has 2 aromatic carbocycles. The number of cyclic esters (lactones) is 1. The smallest absolute Gasteiger partial charge is 0.425 e. The van der Waals surface area contributed by atoms with Crippen molar-refractivity contribution >= 4 is 12.1 Å². The normalized spacial score (nSPS) is 24.0. The maximum absolute atomic E-state index is 12.8. The summed E-state index contributed by atoms with van der Waals surface area (Å²) in [5, 5.41) is 3.42. The van der Waals surface area contributed by atoms with Crippen molar-refractivity contribution in [3.05, 3.63) is 65.7 Å². The van der Waals surface area contributed by atoms with Crippen LogP contribution in [-0.4, -0.2) is 48.4 Å². The first kappa shape index (κ1) is 19.3. The summed E-state index contributed by atoms with van der Waals surface area (Å²) in [7, 11) is 1.61. The summed E-state index contributed by atoms with van der Waals surface area (Å²) >= 11 is 0. The topological polar surface area (TPSA) is 68.3 Å². The van der Waals surface area contributed by atoms with E-state index in [2.05, 4.69) is 0 Å². The van der Waals surface area contributed by atoms with E-state index in [-0.39, 0.29) is 31.3 Å². The van der Waals surface area contributed by atoms with Gasteiger partial charge in [-0.25, -0.2) is 9.80 Å². The van der Waals surface area contributed by atoms with Crippen molar-refractivity contribution in [1.82, 2.24) is 10.0 Å². The number of nitrogens with zero attached hydrogens (tertiary/aromatic N) is 2. The van der Waals surface area contributed by atoms with Crippen LogP contribution in [0.5, 0.6) is 5.75 Å². The molecule has 2 heterocycles. The van der Waals surface area contributed by atoms with Crippen molar-refractivity contribution in [2.75, 3.05) is 20.3 Å². The molecule has 7 heteroatoms. The molecule has 29 heavy (non-hydrogen) atoms. The Balaban J connectivity index is 1.74. The highest BCUT2D eigenvalue weighted by Gasteiger charge is 2.53. The van der Waals surface area contributed by atoms with Crippen LogP contribution in [-0.2, 0) is 14.3 Å². The van der Waals surface area contributed by atoms with Gasteiger partial charge in [0, 0.05) is 6.42 Å². The zero-order valence-corrected chi connectivity index (χ0v) is 16.5. The first-order valence-electron chi connectivity index (χ1n) is 9.73. The van der Waals surface area contributed by atoms with Gasteiger partial charge in [0.05, 0.1) is 25.8 Å². The second kappa shape index (κ2) is 8.13. The molecule has 1 amide bonds. The lowest BCUT2D eigenvalue weighted by Crippen LogP contribution is -2.55. The van der Waals surface area contributed by atoms with Crippen molar-refractivity contribution in [1.29, 1.82) is 0 Å². The molecule has 0 unspecified atom stereocenters. The van der Waals surface area contributed by atoms with Gasteiger partial charge < -0.3 is 14.2 Å². The Labute approximate surface area is 169 Å². The summed E-state index contributed by atoms with van der Waals surface area (Å²) in [5.41, 5.74) is 1.89. The molecule has 0 aromatic heterocycles. The van der Waals surface area contributed by atoms with Crippen molar-refractivity contribution in [3.63, 3.8) is 0 Å². The highest BCUT2D eigenvalue weighted by Crippen LogP contribution is 2.44. The molecule has 152 valence electrons. The fourth-order valence-electron chi connectivity index (χ4n) is 4.08. The molecule has 7 nitrogen and oxygen atoms in total. The van der Waals surface area contributed by atoms with Crippen LogP contribution < -0.4 is 4.74 Å². The average molecular weight is 396 g/mol. The van der Waals surface area contributed by atoms with Gasteiger partial charge in [-0.15, -0.1) is 0 Å². The fraction of sp³-hybridized carbons (Fsp3) is 0.364. The maximum atomic E-state index is 12.8. The molecular weight excluding hydrogens is 372 g/mol. The number of benzene rings is 2. The number of hydrogen-bond acceptors (Lipinski definition) is 6. The predicted molar refractivity (Wildman–Crippen MR) is 105 cm³/mol. The van der Waals surface area contributed by atoms with E-state index in [0.29, 0.717) is 6.42 Å². The zero-order valence-electron chi connectivity index (χ0n) is 16.5. The summed E-state index contributed by atoms with van der Waals surface area (Å²) in [6.07, 6.45) is -0.0198. The molecule has 0 N–H and O–H groups in total. The second-order valence-electron chi connectivity index (χ2n) is 7.02. The lowest BCUT2D eigenvalue weighted by atomic mass is 10.0. The summed E-state index contributed by atoms with van der Waals surface area (Å²) in [6.45, 7) is 2.26. The minimum atomic E-state index is -0.569. The van der Waals surface area contributed by atoms with Crippen LogP contribution in [0.15, 0.2) is 54.6 Å².